The van der Waals surface area contributed by atoms with Gasteiger partial charge in [0.2, 0.25) is 0 Å². The van der Waals surface area contributed by atoms with Crippen molar-refractivity contribution in [2.75, 3.05) is 6.54 Å². The lowest BCUT2D eigenvalue weighted by Gasteiger charge is -2.13. The van der Waals surface area contributed by atoms with Crippen LogP contribution in [0.1, 0.15) is 43.1 Å². The zero-order valence-electron chi connectivity index (χ0n) is 12.9. The summed E-state index contributed by atoms with van der Waals surface area (Å²) in [6.45, 7) is 9.96. The quantitative estimate of drug-likeness (QED) is 0.816. The predicted octanol–water partition coefficient (Wildman–Crippen LogP) is 3.54. The van der Waals surface area contributed by atoms with Gasteiger partial charge in [-0.2, -0.15) is 0 Å². The summed E-state index contributed by atoms with van der Waals surface area (Å²) in [6.07, 6.45) is 2.82. The number of hydrogen-bond acceptors (Lipinski definition) is 2. The van der Waals surface area contributed by atoms with E-state index in [1.54, 1.807) is 0 Å². The fourth-order valence-corrected chi connectivity index (χ4v) is 2.73. The minimum Gasteiger partial charge on any atom is -0.347 e. The van der Waals surface area contributed by atoms with E-state index in [-0.39, 0.29) is 11.8 Å². The molecule has 0 saturated heterocycles. The molecule has 108 valence electrons. The monoisotopic (exact) mass is 272 g/mol. The van der Waals surface area contributed by atoms with E-state index in [9.17, 15) is 4.79 Å². The maximum absolute atomic E-state index is 12.7. The number of aryl methyl sites for hydroxylation is 2. The summed E-state index contributed by atoms with van der Waals surface area (Å²) in [7, 11) is 0. The van der Waals surface area contributed by atoms with Crippen LogP contribution in [0.15, 0.2) is 24.4 Å². The Hall–Kier alpha value is -1.61. The highest BCUT2D eigenvalue weighted by Gasteiger charge is 2.21. The van der Waals surface area contributed by atoms with Gasteiger partial charge in [0.1, 0.15) is 0 Å². The number of nitrogens with one attached hydrogen (secondary N) is 1. The van der Waals surface area contributed by atoms with E-state index < -0.39 is 0 Å². The zero-order valence-corrected chi connectivity index (χ0v) is 12.9. The Morgan fingerprint density at radius 3 is 2.65 bits per heavy atom. The van der Waals surface area contributed by atoms with Gasteiger partial charge in [-0.15, -0.1) is 0 Å². The summed E-state index contributed by atoms with van der Waals surface area (Å²) < 4.78 is 2.15. The Morgan fingerprint density at radius 2 is 2.05 bits per heavy atom. The summed E-state index contributed by atoms with van der Waals surface area (Å²) in [5.74, 6) is 0.206. The number of benzene rings is 1. The van der Waals surface area contributed by atoms with E-state index in [1.807, 2.05) is 13.1 Å². The molecule has 0 radical (unpaired) electrons. The number of ketones is 1. The van der Waals surface area contributed by atoms with Crippen molar-refractivity contribution in [3.63, 3.8) is 0 Å². The van der Waals surface area contributed by atoms with Gasteiger partial charge in [0.05, 0.1) is 6.04 Å². The van der Waals surface area contributed by atoms with E-state index >= 15 is 0 Å². The van der Waals surface area contributed by atoms with Crippen LogP contribution in [0, 0.1) is 6.92 Å². The molecule has 0 fully saturated rings. The first-order chi connectivity index (χ1) is 9.62. The van der Waals surface area contributed by atoms with Crippen molar-refractivity contribution in [2.45, 2.75) is 46.7 Å². The minimum absolute atomic E-state index is 0.0866. The van der Waals surface area contributed by atoms with Crippen molar-refractivity contribution in [1.82, 2.24) is 9.88 Å². The third kappa shape index (κ3) is 2.63. The number of carbonyl (C=O) groups excluding carboxylic acids is 1. The second-order valence-corrected chi connectivity index (χ2v) is 5.23. The third-order valence-corrected chi connectivity index (χ3v) is 3.82. The van der Waals surface area contributed by atoms with Crippen molar-refractivity contribution in [3.05, 3.63) is 35.5 Å². The molecule has 1 aromatic carbocycles. The minimum atomic E-state index is -0.0866. The lowest BCUT2D eigenvalue weighted by atomic mass is 10.0. The fourth-order valence-electron chi connectivity index (χ4n) is 2.73. The maximum atomic E-state index is 12.7. The fraction of sp³-hybridized carbons (Fsp3) is 0.471. The molecule has 3 heteroatoms. The SMILES string of the molecule is CCNC(CC)C(=O)c1cn(CC)c2ccc(C)cc12. The lowest BCUT2D eigenvalue weighted by Crippen LogP contribution is -2.35. The molecule has 20 heavy (non-hydrogen) atoms. The standard InChI is InChI=1S/C17H24N2O/c1-5-15(18-6-2)17(20)14-11-19(7-3)16-9-8-12(4)10-13(14)16/h8-11,15,18H,5-7H2,1-4H3. The van der Waals surface area contributed by atoms with Crippen molar-refractivity contribution >= 4 is 16.7 Å². The Labute approximate surface area is 121 Å². The number of likely N-dealkylation sites (N-methyl/N-ethyl adjacent to an activating group) is 1. The molecule has 1 heterocycles. The summed E-state index contributed by atoms with van der Waals surface area (Å²) in [5, 5.41) is 4.36. The Bertz CT molecular complexity index is 613. The van der Waals surface area contributed by atoms with Crippen LogP contribution in [0.3, 0.4) is 0 Å². The van der Waals surface area contributed by atoms with Gasteiger partial charge in [0, 0.05) is 29.2 Å². The Kier molecular flexibility index (Phi) is 4.61. The second kappa shape index (κ2) is 6.23. The molecule has 0 aliphatic heterocycles. The normalized spacial score (nSPS) is 12.8. The van der Waals surface area contributed by atoms with Gasteiger partial charge in [0.25, 0.3) is 0 Å². The van der Waals surface area contributed by atoms with Gasteiger partial charge < -0.3 is 9.88 Å². The molecule has 1 aromatic heterocycles. The van der Waals surface area contributed by atoms with Gasteiger partial charge in [-0.1, -0.05) is 25.5 Å². The highest BCUT2D eigenvalue weighted by atomic mass is 16.1. The van der Waals surface area contributed by atoms with Crippen LogP contribution < -0.4 is 5.32 Å². The summed E-state index contributed by atoms with van der Waals surface area (Å²) >= 11 is 0. The Balaban J connectivity index is 2.53. The zero-order chi connectivity index (χ0) is 14.7. The average molecular weight is 272 g/mol. The first-order valence-electron chi connectivity index (χ1n) is 7.49. The number of nitrogens with zero attached hydrogens (tertiary/aromatic N) is 1. The number of carbonyl (C=O) groups is 1. The van der Waals surface area contributed by atoms with E-state index in [1.165, 1.54) is 5.56 Å². The molecule has 2 rings (SSSR count). The first kappa shape index (κ1) is 14.8. The molecule has 1 unspecified atom stereocenters. The average Bonchev–Trinajstić information content (AvgIpc) is 2.81. The molecule has 1 N–H and O–H groups in total. The number of Topliss-reactive ketones (excluding diaryl/α,β-unsaturated/α-hetero) is 1. The molecular formula is C17H24N2O. The van der Waals surface area contributed by atoms with Gasteiger partial charge in [0.15, 0.2) is 5.78 Å². The largest absolute Gasteiger partial charge is 0.347 e. The van der Waals surface area contributed by atoms with E-state index in [2.05, 4.69) is 48.9 Å². The highest BCUT2D eigenvalue weighted by molar-refractivity contribution is 6.10. The predicted molar refractivity (Wildman–Crippen MR) is 84.4 cm³/mol. The molecule has 0 saturated carbocycles. The van der Waals surface area contributed by atoms with Crippen molar-refractivity contribution < 1.29 is 4.79 Å². The molecule has 0 spiro atoms. The van der Waals surface area contributed by atoms with Crippen molar-refractivity contribution in [3.8, 4) is 0 Å². The third-order valence-electron chi connectivity index (χ3n) is 3.82. The highest BCUT2D eigenvalue weighted by Crippen LogP contribution is 2.24. The van der Waals surface area contributed by atoms with Crippen LogP contribution in [-0.4, -0.2) is 22.9 Å². The van der Waals surface area contributed by atoms with Gasteiger partial charge >= 0.3 is 0 Å². The van der Waals surface area contributed by atoms with Crippen LogP contribution in [0.25, 0.3) is 10.9 Å². The summed E-state index contributed by atoms with van der Waals surface area (Å²) in [4.78, 5) is 12.7. The van der Waals surface area contributed by atoms with Crippen LogP contribution in [0.5, 0.6) is 0 Å². The van der Waals surface area contributed by atoms with Gasteiger partial charge in [-0.3, -0.25) is 4.79 Å². The molecule has 2 aromatic rings. The molecule has 0 amide bonds. The van der Waals surface area contributed by atoms with Crippen molar-refractivity contribution in [1.29, 1.82) is 0 Å². The smallest absolute Gasteiger partial charge is 0.181 e. The lowest BCUT2D eigenvalue weighted by molar-refractivity contribution is 0.0943. The van der Waals surface area contributed by atoms with E-state index in [0.29, 0.717) is 0 Å². The van der Waals surface area contributed by atoms with Crippen LogP contribution in [-0.2, 0) is 6.54 Å². The first-order valence-corrected chi connectivity index (χ1v) is 7.49. The summed E-state index contributed by atoms with van der Waals surface area (Å²) in [5.41, 5.74) is 3.18. The number of fused-ring (bicyclic) bond motifs is 1. The van der Waals surface area contributed by atoms with Gasteiger partial charge in [-0.05, 0) is 38.9 Å². The van der Waals surface area contributed by atoms with Crippen LogP contribution in [0.4, 0.5) is 0 Å². The molecule has 0 bridgehead atoms. The van der Waals surface area contributed by atoms with Crippen LogP contribution in [0.2, 0.25) is 0 Å². The molecule has 0 aliphatic rings. The second-order valence-electron chi connectivity index (χ2n) is 5.23. The molecule has 0 aliphatic carbocycles. The van der Waals surface area contributed by atoms with Crippen LogP contribution >= 0.6 is 0 Å². The number of aromatic nitrogens is 1. The Morgan fingerprint density at radius 1 is 1.30 bits per heavy atom. The number of rotatable bonds is 6. The van der Waals surface area contributed by atoms with Gasteiger partial charge in [-0.25, -0.2) is 0 Å². The number of hydrogen-bond donors (Lipinski definition) is 1. The topological polar surface area (TPSA) is 34.0 Å². The maximum Gasteiger partial charge on any atom is 0.181 e. The summed E-state index contributed by atoms with van der Waals surface area (Å²) in [6, 6.07) is 6.24. The molecule has 3 nitrogen and oxygen atoms in total. The van der Waals surface area contributed by atoms with E-state index in [4.69, 9.17) is 0 Å². The molecule has 1 atom stereocenters. The molecular weight excluding hydrogens is 248 g/mol. The van der Waals surface area contributed by atoms with E-state index in [0.717, 1.165) is 36.0 Å². The van der Waals surface area contributed by atoms with Crippen molar-refractivity contribution in [2.24, 2.45) is 0 Å².